The smallest absolute Gasteiger partial charge is 0.300 e. The Bertz CT molecular complexity index is 1330. The molecule has 1 amide bonds. The molecule has 0 radical (unpaired) electrons. The zero-order valence-electron chi connectivity index (χ0n) is 16.5. The number of hydrogen-bond acceptors (Lipinski definition) is 4. The lowest BCUT2D eigenvalue weighted by atomic mass is 9.98. The Morgan fingerprint density at radius 1 is 0.806 bits per heavy atom. The molecule has 1 unspecified atom stereocenters. The van der Waals surface area contributed by atoms with Gasteiger partial charge >= 0.3 is 0 Å². The quantitative estimate of drug-likeness (QED) is 0.300. The number of carbonyl (C=O) groups excluding carboxylic acids is 2. The van der Waals surface area contributed by atoms with Crippen molar-refractivity contribution >= 4 is 33.9 Å². The second kappa shape index (κ2) is 7.54. The van der Waals surface area contributed by atoms with E-state index in [4.69, 9.17) is 0 Å². The number of ketones is 1. The summed E-state index contributed by atoms with van der Waals surface area (Å²) in [6.07, 6.45) is 1.61. The molecule has 150 valence electrons. The summed E-state index contributed by atoms with van der Waals surface area (Å²) in [5, 5.41) is 12.9. The number of nitrogens with zero attached hydrogens (tertiary/aromatic N) is 2. The lowest BCUT2D eigenvalue weighted by Gasteiger charge is -2.25. The van der Waals surface area contributed by atoms with E-state index in [0.717, 1.165) is 10.8 Å². The molecule has 1 N–H and O–H groups in total. The topological polar surface area (TPSA) is 70.5 Å². The molecule has 5 heteroatoms. The number of Topliss-reactive ketones (excluding diaryl/α,β-unsaturated/α-hetero) is 1. The van der Waals surface area contributed by atoms with Gasteiger partial charge in [-0.05, 0) is 23.6 Å². The number of aliphatic hydroxyl groups is 1. The number of aliphatic hydroxyl groups excluding tert-OH is 1. The normalized spacial score (nSPS) is 17.9. The van der Waals surface area contributed by atoms with Crippen LogP contribution in [-0.4, -0.2) is 21.8 Å². The number of aromatic nitrogens is 1. The standard InChI is InChI=1S/C26H18N2O3/c29-24(18-10-2-1-3-11-18)22-23(20-14-6-7-16-27-20)28(26(31)25(22)30)21-15-8-12-17-9-4-5-13-19(17)21/h1-16,23,29H/b24-22+. The lowest BCUT2D eigenvalue weighted by molar-refractivity contribution is -0.132. The van der Waals surface area contributed by atoms with E-state index in [1.807, 2.05) is 48.5 Å². The molecule has 3 aromatic carbocycles. The number of fused-ring (bicyclic) bond motifs is 1. The van der Waals surface area contributed by atoms with Crippen LogP contribution in [0.2, 0.25) is 0 Å². The summed E-state index contributed by atoms with van der Waals surface area (Å²) in [6.45, 7) is 0. The maximum absolute atomic E-state index is 13.3. The molecule has 0 spiro atoms. The third-order valence-corrected chi connectivity index (χ3v) is 5.49. The predicted octanol–water partition coefficient (Wildman–Crippen LogP) is 4.86. The minimum absolute atomic E-state index is 0.0304. The van der Waals surface area contributed by atoms with Crippen molar-refractivity contribution in [2.24, 2.45) is 0 Å². The Hall–Kier alpha value is -4.25. The zero-order chi connectivity index (χ0) is 21.4. The number of anilines is 1. The van der Waals surface area contributed by atoms with E-state index in [1.165, 1.54) is 4.90 Å². The third-order valence-electron chi connectivity index (χ3n) is 5.49. The van der Waals surface area contributed by atoms with Gasteiger partial charge in [0.15, 0.2) is 0 Å². The predicted molar refractivity (Wildman–Crippen MR) is 119 cm³/mol. The summed E-state index contributed by atoms with van der Waals surface area (Å²) < 4.78 is 0. The fraction of sp³-hybridized carbons (Fsp3) is 0.0385. The van der Waals surface area contributed by atoms with Crippen LogP contribution in [0.15, 0.2) is 103 Å². The first-order valence-corrected chi connectivity index (χ1v) is 9.92. The lowest BCUT2D eigenvalue weighted by Crippen LogP contribution is -2.30. The van der Waals surface area contributed by atoms with Crippen LogP contribution < -0.4 is 4.90 Å². The van der Waals surface area contributed by atoms with E-state index in [0.29, 0.717) is 16.9 Å². The molecule has 0 aliphatic carbocycles. The Morgan fingerprint density at radius 3 is 2.29 bits per heavy atom. The van der Waals surface area contributed by atoms with Gasteiger partial charge in [-0.15, -0.1) is 0 Å². The number of rotatable bonds is 3. The molecule has 1 aliphatic rings. The van der Waals surface area contributed by atoms with Crippen molar-refractivity contribution in [3.05, 3.63) is 114 Å². The molecule has 1 aromatic heterocycles. The maximum atomic E-state index is 13.3. The molecular formula is C26H18N2O3. The van der Waals surface area contributed by atoms with Gasteiger partial charge in [-0.2, -0.15) is 0 Å². The molecular weight excluding hydrogens is 388 g/mol. The first-order chi connectivity index (χ1) is 15.2. The molecule has 1 atom stereocenters. The average Bonchev–Trinajstić information content (AvgIpc) is 3.09. The Morgan fingerprint density at radius 2 is 1.52 bits per heavy atom. The van der Waals surface area contributed by atoms with Crippen molar-refractivity contribution in [3.63, 3.8) is 0 Å². The fourth-order valence-electron chi connectivity index (χ4n) is 4.07. The van der Waals surface area contributed by atoms with E-state index in [1.54, 1.807) is 48.7 Å². The van der Waals surface area contributed by atoms with E-state index < -0.39 is 17.7 Å². The van der Waals surface area contributed by atoms with E-state index in [2.05, 4.69) is 4.98 Å². The van der Waals surface area contributed by atoms with E-state index in [-0.39, 0.29) is 11.3 Å². The van der Waals surface area contributed by atoms with Crippen LogP contribution in [0.25, 0.3) is 16.5 Å². The van der Waals surface area contributed by atoms with Crippen molar-refractivity contribution in [2.45, 2.75) is 6.04 Å². The van der Waals surface area contributed by atoms with Crippen molar-refractivity contribution < 1.29 is 14.7 Å². The number of pyridine rings is 1. The summed E-state index contributed by atoms with van der Waals surface area (Å²) in [7, 11) is 0. The molecule has 5 nitrogen and oxygen atoms in total. The van der Waals surface area contributed by atoms with Crippen LogP contribution in [0, 0.1) is 0 Å². The number of benzene rings is 3. The third kappa shape index (κ3) is 3.07. The molecule has 4 aromatic rings. The van der Waals surface area contributed by atoms with Gasteiger partial charge in [0.2, 0.25) is 0 Å². The van der Waals surface area contributed by atoms with Gasteiger partial charge in [0.05, 0.1) is 17.0 Å². The van der Waals surface area contributed by atoms with E-state index in [9.17, 15) is 14.7 Å². The molecule has 2 heterocycles. The molecule has 1 fully saturated rings. The van der Waals surface area contributed by atoms with Gasteiger partial charge in [-0.25, -0.2) is 0 Å². The monoisotopic (exact) mass is 406 g/mol. The van der Waals surface area contributed by atoms with Crippen LogP contribution in [0.5, 0.6) is 0 Å². The number of amides is 1. The first-order valence-electron chi connectivity index (χ1n) is 9.92. The van der Waals surface area contributed by atoms with E-state index >= 15 is 0 Å². The van der Waals surface area contributed by atoms with Gasteiger partial charge < -0.3 is 5.11 Å². The van der Waals surface area contributed by atoms with Crippen molar-refractivity contribution in [2.75, 3.05) is 4.90 Å². The van der Waals surface area contributed by atoms with Crippen molar-refractivity contribution in [1.29, 1.82) is 0 Å². The van der Waals surface area contributed by atoms with Crippen LogP contribution in [0.4, 0.5) is 5.69 Å². The summed E-state index contributed by atoms with van der Waals surface area (Å²) in [6, 6.07) is 26.6. The van der Waals surface area contributed by atoms with Gasteiger partial charge in [0, 0.05) is 17.1 Å². The molecule has 0 bridgehead atoms. The van der Waals surface area contributed by atoms with Gasteiger partial charge in [0.1, 0.15) is 11.8 Å². The Kier molecular flexibility index (Phi) is 4.56. The second-order valence-electron chi connectivity index (χ2n) is 7.29. The number of carbonyl (C=O) groups is 2. The molecule has 0 saturated carbocycles. The average molecular weight is 406 g/mol. The maximum Gasteiger partial charge on any atom is 0.300 e. The summed E-state index contributed by atoms with van der Waals surface area (Å²) in [5.41, 5.74) is 1.61. The highest BCUT2D eigenvalue weighted by Crippen LogP contribution is 2.43. The second-order valence-corrected chi connectivity index (χ2v) is 7.29. The minimum Gasteiger partial charge on any atom is -0.507 e. The minimum atomic E-state index is -0.841. The van der Waals surface area contributed by atoms with Crippen molar-refractivity contribution in [1.82, 2.24) is 4.98 Å². The largest absolute Gasteiger partial charge is 0.507 e. The van der Waals surface area contributed by atoms with Gasteiger partial charge in [-0.1, -0.05) is 72.8 Å². The van der Waals surface area contributed by atoms with Crippen LogP contribution in [0.3, 0.4) is 0 Å². The van der Waals surface area contributed by atoms with Crippen molar-refractivity contribution in [3.8, 4) is 0 Å². The van der Waals surface area contributed by atoms with Gasteiger partial charge in [0.25, 0.3) is 11.7 Å². The highest BCUT2D eigenvalue weighted by Gasteiger charge is 2.47. The summed E-state index contributed by atoms with van der Waals surface area (Å²) >= 11 is 0. The Labute approximate surface area is 178 Å². The van der Waals surface area contributed by atoms with Crippen LogP contribution >= 0.6 is 0 Å². The molecule has 1 aliphatic heterocycles. The van der Waals surface area contributed by atoms with Gasteiger partial charge in [-0.3, -0.25) is 19.5 Å². The Balaban J connectivity index is 1.79. The summed E-state index contributed by atoms with van der Waals surface area (Å²) in [5.74, 6) is -1.63. The fourth-order valence-corrected chi connectivity index (χ4v) is 4.07. The zero-order valence-corrected chi connectivity index (χ0v) is 16.5. The summed E-state index contributed by atoms with van der Waals surface area (Å²) in [4.78, 5) is 32.3. The van der Waals surface area contributed by atoms with Crippen LogP contribution in [-0.2, 0) is 9.59 Å². The highest BCUT2D eigenvalue weighted by molar-refractivity contribution is 6.52. The molecule has 31 heavy (non-hydrogen) atoms. The SMILES string of the molecule is O=C1C(=O)N(c2cccc3ccccc23)C(c2ccccn2)/C1=C(\O)c1ccccc1. The van der Waals surface area contributed by atoms with Crippen LogP contribution in [0.1, 0.15) is 17.3 Å². The molecule has 1 saturated heterocycles. The highest BCUT2D eigenvalue weighted by atomic mass is 16.3. The first kappa shape index (κ1) is 18.8. The molecule has 5 rings (SSSR count). The number of hydrogen-bond donors (Lipinski definition) is 1.